The molecule has 1 fully saturated rings. The maximum atomic E-state index is 14.1. The number of hydrogen-bond donors (Lipinski definition) is 1. The summed E-state index contributed by atoms with van der Waals surface area (Å²) in [5, 5.41) is 3.44. The van der Waals surface area contributed by atoms with Crippen LogP contribution in [0.1, 0.15) is 38.7 Å². The molecule has 3 aromatic rings. The van der Waals surface area contributed by atoms with Crippen molar-refractivity contribution >= 4 is 29.3 Å². The lowest BCUT2D eigenvalue weighted by molar-refractivity contribution is -0.149. The molecular formula is C28H28N2O4S. The first-order valence-electron chi connectivity index (χ1n) is 11.5. The molecule has 0 spiro atoms. The zero-order chi connectivity index (χ0) is 24.8. The summed E-state index contributed by atoms with van der Waals surface area (Å²) in [5.74, 6) is -2.20. The second kappa shape index (κ2) is 11.0. The van der Waals surface area contributed by atoms with Gasteiger partial charge in [-0.3, -0.25) is 24.7 Å². The summed E-state index contributed by atoms with van der Waals surface area (Å²) in [6, 6.07) is 20.8. The van der Waals surface area contributed by atoms with E-state index in [-0.39, 0.29) is 11.6 Å². The van der Waals surface area contributed by atoms with Gasteiger partial charge in [-0.15, -0.1) is 0 Å². The number of carbonyl (C=O) groups is 3. The Morgan fingerprint density at radius 2 is 1.57 bits per heavy atom. The van der Waals surface area contributed by atoms with Crippen LogP contribution in [0.25, 0.3) is 0 Å². The molecule has 1 aromatic heterocycles. The number of hydrogen-bond acceptors (Lipinski definition) is 7. The number of Topliss-reactive ketones (excluding diaryl/α,β-unsaturated/α-hetero) is 2. The fourth-order valence-electron chi connectivity index (χ4n) is 5.03. The molecule has 0 aliphatic carbocycles. The van der Waals surface area contributed by atoms with E-state index in [2.05, 4.69) is 10.3 Å². The molecular weight excluding hydrogens is 460 g/mol. The van der Waals surface area contributed by atoms with Gasteiger partial charge in [-0.2, -0.15) is 11.8 Å². The lowest BCUT2D eigenvalue weighted by atomic mass is 9.70. The number of benzene rings is 2. The normalized spacial score (nSPS) is 23.5. The predicted octanol–water partition coefficient (Wildman–Crippen LogP) is 4.39. The van der Waals surface area contributed by atoms with Gasteiger partial charge in [0.1, 0.15) is 5.54 Å². The third-order valence-electron chi connectivity index (χ3n) is 6.66. The van der Waals surface area contributed by atoms with Crippen molar-refractivity contribution in [1.82, 2.24) is 10.3 Å². The van der Waals surface area contributed by atoms with Crippen molar-refractivity contribution in [3.63, 3.8) is 0 Å². The van der Waals surface area contributed by atoms with Crippen molar-refractivity contribution in [3.05, 3.63) is 102 Å². The van der Waals surface area contributed by atoms with E-state index in [1.54, 1.807) is 78.8 Å². The van der Waals surface area contributed by atoms with Gasteiger partial charge in [0, 0.05) is 29.6 Å². The van der Waals surface area contributed by atoms with Crippen LogP contribution in [0, 0.1) is 11.8 Å². The molecule has 0 radical (unpaired) electrons. The summed E-state index contributed by atoms with van der Waals surface area (Å²) in [6.07, 6.45) is 5.61. The van der Waals surface area contributed by atoms with E-state index in [0.29, 0.717) is 23.3 Å². The summed E-state index contributed by atoms with van der Waals surface area (Å²) >= 11 is 1.57. The fraction of sp³-hybridized carbons (Fsp3) is 0.286. The van der Waals surface area contributed by atoms with Crippen LogP contribution in [-0.2, 0) is 9.53 Å². The van der Waals surface area contributed by atoms with Crippen molar-refractivity contribution in [3.8, 4) is 0 Å². The first-order valence-corrected chi connectivity index (χ1v) is 12.9. The molecule has 7 heteroatoms. The number of nitrogens with one attached hydrogen (secondary N) is 1. The van der Waals surface area contributed by atoms with Crippen LogP contribution >= 0.6 is 11.8 Å². The number of esters is 1. The average Bonchev–Trinajstić information content (AvgIpc) is 3.28. The Hall–Kier alpha value is -3.29. The Morgan fingerprint density at radius 1 is 0.943 bits per heavy atom. The molecule has 4 unspecified atom stereocenters. The summed E-state index contributed by atoms with van der Waals surface area (Å²) in [7, 11) is 1.32. The molecule has 4 rings (SSSR count). The van der Waals surface area contributed by atoms with Gasteiger partial charge in [-0.05, 0) is 30.1 Å². The van der Waals surface area contributed by atoms with E-state index < -0.39 is 29.4 Å². The largest absolute Gasteiger partial charge is 0.468 e. The third kappa shape index (κ3) is 4.79. The van der Waals surface area contributed by atoms with Crippen LogP contribution in [-0.4, -0.2) is 47.2 Å². The fourth-order valence-corrected chi connectivity index (χ4v) is 5.56. The molecule has 4 atom stereocenters. The highest BCUT2D eigenvalue weighted by atomic mass is 32.2. The Bertz CT molecular complexity index is 1170. The maximum absolute atomic E-state index is 14.1. The first-order chi connectivity index (χ1) is 17.0. The number of thioether (sulfide) groups is 1. The van der Waals surface area contributed by atoms with Crippen LogP contribution < -0.4 is 5.32 Å². The van der Waals surface area contributed by atoms with Gasteiger partial charge >= 0.3 is 5.97 Å². The molecule has 0 saturated carbocycles. The van der Waals surface area contributed by atoms with Crippen molar-refractivity contribution < 1.29 is 19.1 Å². The van der Waals surface area contributed by atoms with Crippen molar-refractivity contribution in [1.29, 1.82) is 0 Å². The highest BCUT2D eigenvalue weighted by molar-refractivity contribution is 7.98. The standard InChI is InChI=1S/C28H28N2O4S/c1-34-27(33)28(15-17-35-2)23(26(32)20-12-7-4-8-13-20)22(25(31)19-10-5-3-6-11-19)24(30-28)21-14-9-16-29-18-21/h3-14,16,18,22-24,30H,15,17H2,1-2H3. The predicted molar refractivity (Wildman–Crippen MR) is 136 cm³/mol. The Labute approximate surface area is 209 Å². The van der Waals surface area contributed by atoms with Crippen molar-refractivity contribution in [2.24, 2.45) is 11.8 Å². The summed E-state index contributed by atoms with van der Waals surface area (Å²) in [5.41, 5.74) is 0.307. The van der Waals surface area contributed by atoms with Gasteiger partial charge in [0.05, 0.1) is 18.9 Å². The molecule has 6 nitrogen and oxygen atoms in total. The first kappa shape index (κ1) is 24.8. The summed E-state index contributed by atoms with van der Waals surface area (Å²) < 4.78 is 5.28. The van der Waals surface area contributed by atoms with E-state index in [9.17, 15) is 14.4 Å². The van der Waals surface area contributed by atoms with Crippen LogP contribution in [0.3, 0.4) is 0 Å². The van der Waals surface area contributed by atoms with Gasteiger partial charge in [-0.25, -0.2) is 0 Å². The Morgan fingerprint density at radius 3 is 2.11 bits per heavy atom. The molecule has 180 valence electrons. The number of pyridine rings is 1. The molecule has 1 N–H and O–H groups in total. The van der Waals surface area contributed by atoms with Crippen LogP contribution in [0.5, 0.6) is 0 Å². The van der Waals surface area contributed by atoms with E-state index in [4.69, 9.17) is 4.74 Å². The molecule has 2 heterocycles. The minimum atomic E-state index is -1.37. The highest BCUT2D eigenvalue weighted by Crippen LogP contribution is 2.48. The monoisotopic (exact) mass is 488 g/mol. The van der Waals surface area contributed by atoms with Crippen molar-refractivity contribution in [2.75, 3.05) is 19.1 Å². The van der Waals surface area contributed by atoms with E-state index in [1.807, 2.05) is 24.5 Å². The van der Waals surface area contributed by atoms with E-state index in [1.165, 1.54) is 7.11 Å². The van der Waals surface area contributed by atoms with Crippen LogP contribution in [0.2, 0.25) is 0 Å². The lowest BCUT2D eigenvalue weighted by Crippen LogP contribution is -2.56. The Balaban J connectivity index is 1.94. The smallest absolute Gasteiger partial charge is 0.326 e. The minimum Gasteiger partial charge on any atom is -0.468 e. The SMILES string of the molecule is COC(=O)C1(CCSC)NC(c2cccnc2)C(C(=O)c2ccccc2)C1C(=O)c1ccccc1. The molecule has 2 aromatic carbocycles. The van der Waals surface area contributed by atoms with E-state index in [0.717, 1.165) is 5.56 Å². The number of aromatic nitrogens is 1. The molecule has 0 amide bonds. The Kier molecular flexibility index (Phi) is 7.78. The number of ketones is 2. The zero-order valence-electron chi connectivity index (χ0n) is 19.7. The average molecular weight is 489 g/mol. The van der Waals surface area contributed by atoms with Crippen LogP contribution in [0.15, 0.2) is 85.2 Å². The number of rotatable bonds is 9. The molecule has 1 aliphatic heterocycles. The highest BCUT2D eigenvalue weighted by Gasteiger charge is 2.63. The second-order valence-electron chi connectivity index (χ2n) is 8.58. The number of carbonyl (C=O) groups excluding carboxylic acids is 3. The topological polar surface area (TPSA) is 85.4 Å². The number of nitrogens with zero attached hydrogens (tertiary/aromatic N) is 1. The van der Waals surface area contributed by atoms with Gasteiger partial charge in [0.25, 0.3) is 0 Å². The number of methoxy groups -OCH3 is 1. The van der Waals surface area contributed by atoms with Gasteiger partial charge < -0.3 is 4.74 Å². The maximum Gasteiger partial charge on any atom is 0.326 e. The molecule has 1 aliphatic rings. The second-order valence-corrected chi connectivity index (χ2v) is 9.56. The summed E-state index contributed by atoms with van der Waals surface area (Å²) in [4.78, 5) is 46.0. The quantitative estimate of drug-likeness (QED) is 0.353. The molecule has 1 saturated heterocycles. The molecule has 35 heavy (non-hydrogen) atoms. The van der Waals surface area contributed by atoms with Gasteiger partial charge in [-0.1, -0.05) is 66.7 Å². The summed E-state index contributed by atoms with van der Waals surface area (Å²) in [6.45, 7) is 0. The lowest BCUT2D eigenvalue weighted by Gasteiger charge is -2.33. The minimum absolute atomic E-state index is 0.198. The molecule has 0 bridgehead atoms. The number of ether oxygens (including phenoxy) is 1. The van der Waals surface area contributed by atoms with Crippen LogP contribution in [0.4, 0.5) is 0 Å². The van der Waals surface area contributed by atoms with Gasteiger partial charge in [0.15, 0.2) is 11.6 Å². The van der Waals surface area contributed by atoms with Gasteiger partial charge in [0.2, 0.25) is 0 Å². The zero-order valence-corrected chi connectivity index (χ0v) is 20.5. The van der Waals surface area contributed by atoms with E-state index >= 15 is 0 Å². The van der Waals surface area contributed by atoms with Crippen molar-refractivity contribution in [2.45, 2.75) is 18.0 Å². The third-order valence-corrected chi connectivity index (χ3v) is 7.27.